The number of pyridine rings is 1. The standard InChI is InChI=1S/C6H2ClFINO/c7-6(11)5-1-3(8)4(9)2-10-5/h1-2H. The molecule has 0 unspecified atom stereocenters. The van der Waals surface area contributed by atoms with Crippen LogP contribution in [0.1, 0.15) is 10.5 Å². The normalized spacial score (nSPS) is 9.73. The molecule has 1 rings (SSSR count). The molecular formula is C6H2ClFINO. The van der Waals surface area contributed by atoms with E-state index in [1.54, 1.807) is 22.6 Å². The molecule has 0 saturated carbocycles. The molecule has 0 saturated heterocycles. The van der Waals surface area contributed by atoms with Crippen LogP contribution in [0, 0.1) is 9.39 Å². The number of halogens is 3. The summed E-state index contributed by atoms with van der Waals surface area (Å²) in [5.74, 6) is -0.482. The fraction of sp³-hybridized carbons (Fsp3) is 0. The van der Waals surface area contributed by atoms with Gasteiger partial charge in [0.05, 0.1) is 3.57 Å². The van der Waals surface area contributed by atoms with E-state index in [4.69, 9.17) is 11.6 Å². The Morgan fingerprint density at radius 1 is 1.73 bits per heavy atom. The molecule has 0 aliphatic carbocycles. The number of carbonyl (C=O) groups is 1. The molecule has 11 heavy (non-hydrogen) atoms. The topological polar surface area (TPSA) is 30.0 Å². The number of nitrogens with zero attached hydrogens (tertiary/aromatic N) is 1. The van der Waals surface area contributed by atoms with Crippen molar-refractivity contribution in [2.75, 3.05) is 0 Å². The zero-order chi connectivity index (χ0) is 8.43. The second-order valence-electron chi connectivity index (χ2n) is 1.76. The Morgan fingerprint density at radius 3 is 2.82 bits per heavy atom. The van der Waals surface area contributed by atoms with E-state index in [1.165, 1.54) is 6.20 Å². The van der Waals surface area contributed by atoms with Crippen molar-refractivity contribution in [2.45, 2.75) is 0 Å². The molecular weight excluding hydrogens is 283 g/mol. The van der Waals surface area contributed by atoms with Gasteiger partial charge < -0.3 is 0 Å². The predicted molar refractivity (Wildman–Crippen MR) is 47.1 cm³/mol. The minimum atomic E-state index is -0.750. The summed E-state index contributed by atoms with van der Waals surface area (Å²) in [5.41, 5.74) is -0.0652. The highest BCUT2D eigenvalue weighted by molar-refractivity contribution is 14.1. The maximum Gasteiger partial charge on any atom is 0.270 e. The minimum Gasteiger partial charge on any atom is -0.274 e. The Hall–Kier alpha value is -0.230. The van der Waals surface area contributed by atoms with E-state index in [2.05, 4.69) is 4.98 Å². The van der Waals surface area contributed by atoms with Gasteiger partial charge in [-0.25, -0.2) is 4.39 Å². The number of hydrogen-bond acceptors (Lipinski definition) is 2. The predicted octanol–water partition coefficient (Wildman–Crippen LogP) is 2.20. The van der Waals surface area contributed by atoms with Gasteiger partial charge in [-0.2, -0.15) is 0 Å². The van der Waals surface area contributed by atoms with Crippen LogP contribution in [0.25, 0.3) is 0 Å². The van der Waals surface area contributed by atoms with Gasteiger partial charge in [0.15, 0.2) is 0 Å². The summed E-state index contributed by atoms with van der Waals surface area (Å²) in [6, 6.07) is 1.01. The molecule has 0 amide bonds. The molecule has 0 aromatic carbocycles. The third-order valence-corrected chi connectivity index (χ3v) is 2.00. The van der Waals surface area contributed by atoms with E-state index >= 15 is 0 Å². The van der Waals surface area contributed by atoms with E-state index in [1.807, 2.05) is 0 Å². The summed E-state index contributed by atoms with van der Waals surface area (Å²) in [4.78, 5) is 14.1. The zero-order valence-corrected chi connectivity index (χ0v) is 8.06. The fourth-order valence-electron chi connectivity index (χ4n) is 0.522. The third kappa shape index (κ3) is 2.10. The summed E-state index contributed by atoms with van der Waals surface area (Å²) < 4.78 is 13.0. The molecule has 1 aromatic heterocycles. The Bertz CT molecular complexity index is 305. The molecule has 0 spiro atoms. The molecule has 2 nitrogen and oxygen atoms in total. The molecule has 58 valence electrons. The molecule has 0 aliphatic heterocycles. The van der Waals surface area contributed by atoms with Crippen LogP contribution in [0.5, 0.6) is 0 Å². The lowest BCUT2D eigenvalue weighted by atomic mass is 10.4. The van der Waals surface area contributed by atoms with Crippen molar-refractivity contribution < 1.29 is 9.18 Å². The van der Waals surface area contributed by atoms with Gasteiger partial charge in [0.2, 0.25) is 0 Å². The van der Waals surface area contributed by atoms with Crippen molar-refractivity contribution >= 4 is 39.4 Å². The third-order valence-electron chi connectivity index (χ3n) is 1.01. The highest BCUT2D eigenvalue weighted by atomic mass is 127. The average Bonchev–Trinajstić information content (AvgIpc) is 1.94. The zero-order valence-electron chi connectivity index (χ0n) is 5.14. The van der Waals surface area contributed by atoms with Crippen molar-refractivity contribution in [1.29, 1.82) is 0 Å². The number of carbonyl (C=O) groups excluding carboxylic acids is 1. The molecule has 0 bridgehead atoms. The minimum absolute atomic E-state index is 0.0652. The van der Waals surface area contributed by atoms with E-state index in [0.717, 1.165) is 6.07 Å². The first-order valence-corrected chi connectivity index (χ1v) is 4.08. The molecule has 0 radical (unpaired) electrons. The Morgan fingerprint density at radius 2 is 2.36 bits per heavy atom. The lowest BCUT2D eigenvalue weighted by molar-refractivity contribution is 0.107. The molecule has 0 fully saturated rings. The second-order valence-corrected chi connectivity index (χ2v) is 3.26. The monoisotopic (exact) mass is 285 g/mol. The molecule has 0 N–H and O–H groups in total. The summed E-state index contributed by atoms with van der Waals surface area (Å²) in [6.45, 7) is 0. The summed E-state index contributed by atoms with van der Waals surface area (Å²) in [6.07, 6.45) is 1.26. The van der Waals surface area contributed by atoms with Crippen LogP contribution < -0.4 is 0 Å². The molecule has 0 aliphatic rings. The largest absolute Gasteiger partial charge is 0.274 e. The van der Waals surface area contributed by atoms with Crippen molar-refractivity contribution in [1.82, 2.24) is 4.98 Å². The maximum absolute atomic E-state index is 12.7. The number of hydrogen-bond donors (Lipinski definition) is 0. The SMILES string of the molecule is O=C(Cl)c1cc(F)c(I)cn1. The highest BCUT2D eigenvalue weighted by Crippen LogP contribution is 2.10. The summed E-state index contributed by atoms with van der Waals surface area (Å²) in [7, 11) is 0. The fourth-order valence-corrected chi connectivity index (χ4v) is 0.920. The van der Waals surface area contributed by atoms with Gasteiger partial charge >= 0.3 is 0 Å². The van der Waals surface area contributed by atoms with Crippen molar-refractivity contribution in [3.05, 3.63) is 27.3 Å². The van der Waals surface area contributed by atoms with Gasteiger partial charge in [-0.15, -0.1) is 0 Å². The Kier molecular flexibility index (Phi) is 2.78. The first-order valence-electron chi connectivity index (χ1n) is 2.62. The first-order chi connectivity index (χ1) is 5.11. The highest BCUT2D eigenvalue weighted by Gasteiger charge is 2.06. The molecule has 0 atom stereocenters. The average molecular weight is 285 g/mol. The van der Waals surface area contributed by atoms with E-state index in [0.29, 0.717) is 3.57 Å². The van der Waals surface area contributed by atoms with Crippen molar-refractivity contribution in [3.8, 4) is 0 Å². The van der Waals surface area contributed by atoms with Gasteiger partial charge in [0, 0.05) is 12.3 Å². The number of rotatable bonds is 1. The Balaban J connectivity index is 3.15. The maximum atomic E-state index is 12.7. The van der Waals surface area contributed by atoms with Gasteiger partial charge in [-0.05, 0) is 34.2 Å². The van der Waals surface area contributed by atoms with Crippen LogP contribution in [-0.2, 0) is 0 Å². The van der Waals surface area contributed by atoms with Gasteiger partial charge in [0.25, 0.3) is 5.24 Å². The van der Waals surface area contributed by atoms with Crippen LogP contribution >= 0.6 is 34.2 Å². The smallest absolute Gasteiger partial charge is 0.270 e. The quantitative estimate of drug-likeness (QED) is 0.585. The molecule has 1 aromatic rings. The van der Waals surface area contributed by atoms with Crippen LogP contribution in [0.3, 0.4) is 0 Å². The van der Waals surface area contributed by atoms with E-state index in [9.17, 15) is 9.18 Å². The summed E-state index contributed by atoms with van der Waals surface area (Å²) >= 11 is 6.83. The van der Waals surface area contributed by atoms with Crippen LogP contribution in [0.4, 0.5) is 4.39 Å². The molecule has 5 heteroatoms. The molecule has 1 heterocycles. The van der Waals surface area contributed by atoms with Gasteiger partial charge in [-0.1, -0.05) is 0 Å². The van der Waals surface area contributed by atoms with E-state index in [-0.39, 0.29) is 5.69 Å². The van der Waals surface area contributed by atoms with Gasteiger partial charge in [-0.3, -0.25) is 9.78 Å². The lowest BCUT2D eigenvalue weighted by Gasteiger charge is -1.94. The first kappa shape index (κ1) is 8.86. The van der Waals surface area contributed by atoms with Crippen LogP contribution in [0.15, 0.2) is 12.3 Å². The van der Waals surface area contributed by atoms with Crippen LogP contribution in [-0.4, -0.2) is 10.2 Å². The second kappa shape index (κ2) is 3.44. The van der Waals surface area contributed by atoms with Crippen molar-refractivity contribution in [2.24, 2.45) is 0 Å². The van der Waals surface area contributed by atoms with Crippen LogP contribution in [0.2, 0.25) is 0 Å². The van der Waals surface area contributed by atoms with Crippen molar-refractivity contribution in [3.63, 3.8) is 0 Å². The number of aromatic nitrogens is 1. The van der Waals surface area contributed by atoms with E-state index < -0.39 is 11.1 Å². The summed E-state index contributed by atoms with van der Waals surface area (Å²) in [5, 5.41) is -0.750. The Labute approximate surface area is 80.9 Å². The lowest BCUT2D eigenvalue weighted by Crippen LogP contribution is -1.96. The van der Waals surface area contributed by atoms with Gasteiger partial charge in [0.1, 0.15) is 11.5 Å².